The van der Waals surface area contributed by atoms with Crippen molar-refractivity contribution in [2.24, 2.45) is 11.7 Å². The minimum Gasteiger partial charge on any atom is -0.368 e. The van der Waals surface area contributed by atoms with Crippen LogP contribution in [0, 0.1) is 5.92 Å². The lowest BCUT2D eigenvalue weighted by atomic mass is 9.83. The number of carbonyl (C=O) groups is 4. The number of hydrogen-bond donors (Lipinski definition) is 5. The summed E-state index contributed by atoms with van der Waals surface area (Å²) in [7, 11) is -4.36. The van der Waals surface area contributed by atoms with Crippen LogP contribution >= 0.6 is 19.4 Å². The molecule has 0 saturated carbocycles. The first-order chi connectivity index (χ1) is 22.5. The summed E-state index contributed by atoms with van der Waals surface area (Å²) in [5, 5.41) is 7.66. The molecule has 1 fully saturated rings. The molecule has 1 heterocycles. The number of likely N-dealkylation sites (tertiary alicyclic amines) is 1. The van der Waals surface area contributed by atoms with E-state index in [4.69, 9.17) is 5.73 Å². The Hall–Kier alpha value is -3.70. The van der Waals surface area contributed by atoms with Gasteiger partial charge in [0, 0.05) is 24.6 Å². The lowest BCUT2D eigenvalue weighted by molar-refractivity contribution is -0.145. The molecule has 1 aliphatic heterocycles. The fourth-order valence-electron chi connectivity index (χ4n) is 6.44. The Bertz CT molecular complexity index is 1680. The van der Waals surface area contributed by atoms with Gasteiger partial charge in [0.15, 0.2) is 0 Å². The van der Waals surface area contributed by atoms with Gasteiger partial charge in [0.2, 0.25) is 23.6 Å². The molecule has 2 aliphatic rings. The Labute approximate surface area is 278 Å². The zero-order chi connectivity index (χ0) is 33.6. The third kappa shape index (κ3) is 9.22. The molecule has 250 valence electrons. The maximum atomic E-state index is 14.1. The molecule has 0 aromatic heterocycles. The highest BCUT2D eigenvalue weighted by Crippen LogP contribution is 2.39. The zero-order valence-corrected chi connectivity index (χ0v) is 27.8. The fraction of sp³-hybridized carbons (Fsp3) is 0.412. The summed E-state index contributed by atoms with van der Waals surface area (Å²) in [5.41, 5.74) is 8.30. The number of amides is 4. The fourth-order valence-corrected chi connectivity index (χ4v) is 8.27. The molecule has 1 aliphatic carbocycles. The van der Waals surface area contributed by atoms with Crippen molar-refractivity contribution in [2.45, 2.75) is 63.1 Å². The van der Waals surface area contributed by atoms with Crippen LogP contribution in [0.25, 0.3) is 10.8 Å². The third-order valence-electron chi connectivity index (χ3n) is 8.88. The molecule has 6 N–H and O–H groups in total. The number of nitrogens with two attached hydrogens (primary N) is 1. The van der Waals surface area contributed by atoms with Gasteiger partial charge >= 0.3 is 7.60 Å². The van der Waals surface area contributed by atoms with Crippen LogP contribution in [0.4, 0.5) is 0 Å². The second-order valence-electron chi connectivity index (χ2n) is 12.3. The molecule has 0 radical (unpaired) electrons. The van der Waals surface area contributed by atoms with E-state index in [1.54, 1.807) is 0 Å². The summed E-state index contributed by atoms with van der Waals surface area (Å²) in [6.07, 6.45) is 3.72. The van der Waals surface area contributed by atoms with E-state index >= 15 is 0 Å². The van der Waals surface area contributed by atoms with Gasteiger partial charge in [0.05, 0.1) is 5.49 Å². The van der Waals surface area contributed by atoms with Gasteiger partial charge in [-0.1, -0.05) is 66.7 Å². The molecule has 3 aromatic rings. The number of hydrogen-bond acceptors (Lipinski definition) is 6. The maximum absolute atomic E-state index is 14.1. The number of nitrogens with one attached hydrogen (secondary N) is 2. The van der Waals surface area contributed by atoms with E-state index in [0.717, 1.165) is 40.1 Å². The first-order valence-electron chi connectivity index (χ1n) is 15.9. The van der Waals surface area contributed by atoms with E-state index in [0.29, 0.717) is 32.1 Å². The number of rotatable bonds is 12. The third-order valence-corrected chi connectivity index (χ3v) is 11.5. The molecule has 4 atom stereocenters. The van der Waals surface area contributed by atoms with Crippen molar-refractivity contribution in [3.8, 4) is 0 Å². The van der Waals surface area contributed by atoms with Crippen LogP contribution in [0.15, 0.2) is 66.7 Å². The highest BCUT2D eigenvalue weighted by Gasteiger charge is 2.38. The Morgan fingerprint density at radius 3 is 2.34 bits per heavy atom. The Balaban J connectivity index is 1.29. The number of fused-ring (bicyclic) bond motifs is 2. The second kappa shape index (κ2) is 15.5. The minimum absolute atomic E-state index is 0.0737. The molecule has 47 heavy (non-hydrogen) atoms. The normalized spacial score (nSPS) is 19.3. The molecular weight excluding hydrogens is 639 g/mol. The van der Waals surface area contributed by atoms with Gasteiger partial charge in [0.1, 0.15) is 18.1 Å². The summed E-state index contributed by atoms with van der Waals surface area (Å²) >= 11 is 0.877. The average Bonchev–Trinajstić information content (AvgIpc) is 3.06. The van der Waals surface area contributed by atoms with Crippen LogP contribution in [0.3, 0.4) is 0 Å². The van der Waals surface area contributed by atoms with E-state index in [2.05, 4.69) is 10.6 Å². The zero-order valence-electron chi connectivity index (χ0n) is 26.0. The lowest BCUT2D eigenvalue weighted by Gasteiger charge is -2.38. The Morgan fingerprint density at radius 1 is 0.894 bits per heavy atom. The highest BCUT2D eigenvalue weighted by molar-refractivity contribution is 8.04. The van der Waals surface area contributed by atoms with Crippen LogP contribution in [-0.4, -0.2) is 74.2 Å². The van der Waals surface area contributed by atoms with Crippen molar-refractivity contribution in [1.82, 2.24) is 15.5 Å². The molecule has 11 nitrogen and oxygen atoms in total. The largest absolute Gasteiger partial charge is 0.368 e. The first kappa shape index (κ1) is 34.6. The summed E-state index contributed by atoms with van der Waals surface area (Å²) in [6.45, 7) is 0.259. The van der Waals surface area contributed by atoms with Crippen molar-refractivity contribution >= 4 is 53.8 Å². The van der Waals surface area contributed by atoms with Crippen LogP contribution in [0.2, 0.25) is 0 Å². The quantitative estimate of drug-likeness (QED) is 0.181. The van der Waals surface area contributed by atoms with E-state index < -0.39 is 48.9 Å². The van der Waals surface area contributed by atoms with E-state index in [9.17, 15) is 33.5 Å². The number of carbonyl (C=O) groups excluding carboxylic acids is 4. The topological polar surface area (TPSA) is 179 Å². The predicted molar refractivity (Wildman–Crippen MR) is 181 cm³/mol. The van der Waals surface area contributed by atoms with Crippen molar-refractivity contribution in [1.29, 1.82) is 0 Å². The van der Waals surface area contributed by atoms with Gasteiger partial charge in [-0.05, 0) is 66.0 Å². The van der Waals surface area contributed by atoms with Crippen molar-refractivity contribution in [3.05, 3.63) is 83.4 Å². The maximum Gasteiger partial charge on any atom is 0.335 e. The van der Waals surface area contributed by atoms with Gasteiger partial charge in [-0.15, -0.1) is 11.8 Å². The Morgan fingerprint density at radius 2 is 1.60 bits per heavy atom. The molecule has 4 unspecified atom stereocenters. The number of aryl methyl sites for hydroxylation is 1. The molecule has 0 spiro atoms. The summed E-state index contributed by atoms with van der Waals surface area (Å²) in [5.74, 6) is -2.46. The summed E-state index contributed by atoms with van der Waals surface area (Å²) < 4.78 is 11.6. The van der Waals surface area contributed by atoms with Gasteiger partial charge in [-0.25, -0.2) is 0 Å². The Kier molecular flexibility index (Phi) is 11.4. The molecule has 1 saturated heterocycles. The SMILES string of the molecule is NC(=O)C(Cc1ccc2ccccc2c1)NC(=O)C1CCCCN1C(=O)C(CSCP(=O)(O)O)NC(=O)C1CCc2ccccc2C1. The first-order valence-corrected chi connectivity index (χ1v) is 18.8. The van der Waals surface area contributed by atoms with Crippen molar-refractivity contribution < 1.29 is 33.5 Å². The number of piperidine rings is 1. The van der Waals surface area contributed by atoms with Gasteiger partial charge in [-0.2, -0.15) is 0 Å². The average molecular weight is 681 g/mol. The molecule has 4 amide bonds. The molecule has 5 rings (SSSR count). The van der Waals surface area contributed by atoms with Gasteiger partial charge in [-0.3, -0.25) is 23.7 Å². The highest BCUT2D eigenvalue weighted by atomic mass is 32.2. The van der Waals surface area contributed by atoms with E-state index in [1.807, 2.05) is 66.7 Å². The van der Waals surface area contributed by atoms with Crippen LogP contribution in [-0.2, 0) is 43.0 Å². The van der Waals surface area contributed by atoms with Crippen LogP contribution in [0.5, 0.6) is 0 Å². The number of thioether (sulfide) groups is 1. The van der Waals surface area contributed by atoms with Crippen molar-refractivity contribution in [3.63, 3.8) is 0 Å². The number of benzene rings is 3. The standard InChI is InChI=1S/C34H41N4O7PS/c35-31(39)28(18-22-12-13-23-7-1-3-9-25(23)17-22)36-33(41)30-11-5-6-16-38(30)34(42)29(20-47-21-46(43,44)45)37-32(40)27-15-14-24-8-2-4-10-26(24)19-27/h1-4,7-10,12-13,17,27-30H,5-6,11,14-16,18-21H2,(H2,35,39)(H,36,41)(H,37,40)(H2,43,44,45). The monoisotopic (exact) mass is 680 g/mol. The summed E-state index contributed by atoms with van der Waals surface area (Å²) in [6, 6.07) is 18.5. The second-order valence-corrected chi connectivity index (χ2v) is 15.4. The van der Waals surface area contributed by atoms with Crippen molar-refractivity contribution in [2.75, 3.05) is 17.8 Å². The van der Waals surface area contributed by atoms with E-state index in [1.165, 1.54) is 10.5 Å². The molecule has 3 aromatic carbocycles. The number of primary amides is 1. The lowest BCUT2D eigenvalue weighted by Crippen LogP contribution is -2.60. The smallest absolute Gasteiger partial charge is 0.335 e. The predicted octanol–water partition coefficient (Wildman–Crippen LogP) is 2.89. The molecule has 13 heteroatoms. The number of nitrogens with zero attached hydrogens (tertiary/aromatic N) is 1. The minimum atomic E-state index is -4.36. The van der Waals surface area contributed by atoms with Crippen LogP contribution in [0.1, 0.15) is 42.4 Å². The molecular formula is C34H41N4O7PS. The molecule has 0 bridgehead atoms. The van der Waals surface area contributed by atoms with Gasteiger partial charge in [0.25, 0.3) is 0 Å². The van der Waals surface area contributed by atoms with E-state index in [-0.39, 0.29) is 30.5 Å². The van der Waals surface area contributed by atoms with Gasteiger partial charge < -0.3 is 31.1 Å². The summed E-state index contributed by atoms with van der Waals surface area (Å²) in [4.78, 5) is 73.9. The van der Waals surface area contributed by atoms with Crippen LogP contribution < -0.4 is 16.4 Å².